The van der Waals surface area contributed by atoms with Gasteiger partial charge in [-0.1, -0.05) is 18.2 Å². The van der Waals surface area contributed by atoms with E-state index in [-0.39, 0.29) is 36.0 Å². The summed E-state index contributed by atoms with van der Waals surface area (Å²) in [7, 11) is -3.40. The third-order valence-electron chi connectivity index (χ3n) is 3.33. The molecule has 6 nitrogen and oxygen atoms in total. The zero-order valence-corrected chi connectivity index (χ0v) is 15.4. The molecule has 0 aliphatic heterocycles. The molecule has 1 N–H and O–H groups in total. The number of sulfone groups is 1. The van der Waals surface area contributed by atoms with Crippen molar-refractivity contribution in [2.24, 2.45) is 0 Å². The van der Waals surface area contributed by atoms with Crippen molar-refractivity contribution in [3.8, 4) is 0 Å². The second kappa shape index (κ2) is 8.77. The topological polar surface area (TPSA) is 89.5 Å². The molecule has 1 amide bonds. The van der Waals surface area contributed by atoms with E-state index in [4.69, 9.17) is 4.74 Å². The fourth-order valence-electron chi connectivity index (χ4n) is 2.13. The van der Waals surface area contributed by atoms with Crippen LogP contribution in [0.4, 0.5) is 5.00 Å². The molecule has 0 bridgehead atoms. The van der Waals surface area contributed by atoms with Crippen LogP contribution in [0.25, 0.3) is 0 Å². The molecule has 1 aromatic carbocycles. The molecule has 25 heavy (non-hydrogen) atoms. The lowest BCUT2D eigenvalue weighted by Crippen LogP contribution is -2.15. The number of ether oxygens (including phenoxy) is 1. The summed E-state index contributed by atoms with van der Waals surface area (Å²) in [6.45, 7) is 1.95. The molecule has 0 spiro atoms. The average Bonchev–Trinajstić information content (AvgIpc) is 3.04. The van der Waals surface area contributed by atoms with E-state index in [1.54, 1.807) is 36.6 Å². The second-order valence-electron chi connectivity index (χ2n) is 5.17. The van der Waals surface area contributed by atoms with E-state index in [1.165, 1.54) is 23.5 Å². The summed E-state index contributed by atoms with van der Waals surface area (Å²) in [4.78, 5) is 24.0. The lowest BCUT2D eigenvalue weighted by Gasteiger charge is -2.07. The molecule has 0 saturated heterocycles. The number of hydrogen-bond acceptors (Lipinski definition) is 6. The van der Waals surface area contributed by atoms with Crippen LogP contribution in [0.15, 0.2) is 46.7 Å². The first kappa shape index (κ1) is 19.1. The third kappa shape index (κ3) is 5.40. The van der Waals surface area contributed by atoms with Gasteiger partial charge in [-0.2, -0.15) is 0 Å². The Labute approximate surface area is 150 Å². The molecule has 2 rings (SSSR count). The first-order valence-corrected chi connectivity index (χ1v) is 10.3. The van der Waals surface area contributed by atoms with Crippen molar-refractivity contribution < 1.29 is 22.7 Å². The van der Waals surface area contributed by atoms with Crippen LogP contribution >= 0.6 is 11.3 Å². The van der Waals surface area contributed by atoms with Gasteiger partial charge < -0.3 is 10.1 Å². The number of rotatable bonds is 8. The summed E-state index contributed by atoms with van der Waals surface area (Å²) in [6.07, 6.45) is 0.245. The van der Waals surface area contributed by atoms with Crippen LogP contribution in [0.1, 0.15) is 30.1 Å². The predicted octanol–water partition coefficient (Wildman–Crippen LogP) is 3.12. The number of thiophene rings is 1. The third-order valence-corrected chi connectivity index (χ3v) is 5.98. The molecule has 1 heterocycles. The Morgan fingerprint density at radius 1 is 1.16 bits per heavy atom. The zero-order valence-electron chi connectivity index (χ0n) is 13.7. The highest BCUT2D eigenvalue weighted by Crippen LogP contribution is 2.24. The number of benzene rings is 1. The number of carbonyl (C=O) groups is 2. The highest BCUT2D eigenvalue weighted by atomic mass is 32.2. The van der Waals surface area contributed by atoms with Crippen LogP contribution in [0.5, 0.6) is 0 Å². The van der Waals surface area contributed by atoms with Gasteiger partial charge in [0.1, 0.15) is 5.00 Å². The van der Waals surface area contributed by atoms with Crippen LogP contribution in [0.2, 0.25) is 0 Å². The first-order valence-electron chi connectivity index (χ1n) is 7.76. The Bertz CT molecular complexity index is 828. The Kier molecular flexibility index (Phi) is 6.72. The fourth-order valence-corrected chi connectivity index (χ4v) is 4.26. The monoisotopic (exact) mass is 381 g/mol. The van der Waals surface area contributed by atoms with Gasteiger partial charge in [-0.15, -0.1) is 11.3 Å². The molecule has 134 valence electrons. The highest BCUT2D eigenvalue weighted by Gasteiger charge is 2.17. The number of anilines is 1. The van der Waals surface area contributed by atoms with Crippen LogP contribution in [-0.4, -0.2) is 32.7 Å². The molecule has 0 unspecified atom stereocenters. The molecule has 1 aromatic heterocycles. The van der Waals surface area contributed by atoms with Crippen LogP contribution in [-0.2, 0) is 19.4 Å². The summed E-state index contributed by atoms with van der Waals surface area (Å²) < 4.78 is 29.2. The Morgan fingerprint density at radius 2 is 1.88 bits per heavy atom. The fraction of sp³-hybridized carbons (Fsp3) is 0.294. The molecule has 0 radical (unpaired) electrons. The minimum absolute atomic E-state index is 0.0478. The number of amides is 1. The van der Waals surface area contributed by atoms with Gasteiger partial charge >= 0.3 is 5.97 Å². The van der Waals surface area contributed by atoms with Gasteiger partial charge in [0.05, 0.1) is 22.8 Å². The summed E-state index contributed by atoms with van der Waals surface area (Å²) in [5, 5.41) is 4.73. The molecule has 0 atom stereocenters. The number of hydrogen-bond donors (Lipinski definition) is 1. The molecule has 0 fully saturated rings. The maximum atomic E-state index is 12.2. The van der Waals surface area contributed by atoms with Gasteiger partial charge in [0.2, 0.25) is 5.91 Å². The molecular weight excluding hydrogens is 362 g/mol. The van der Waals surface area contributed by atoms with Crippen molar-refractivity contribution in [3.05, 3.63) is 47.3 Å². The van der Waals surface area contributed by atoms with Crippen molar-refractivity contribution in [1.82, 2.24) is 0 Å². The maximum Gasteiger partial charge on any atom is 0.341 e. The lowest BCUT2D eigenvalue weighted by molar-refractivity contribution is -0.116. The smallest absolute Gasteiger partial charge is 0.341 e. The minimum Gasteiger partial charge on any atom is -0.462 e. The molecule has 0 saturated carbocycles. The van der Waals surface area contributed by atoms with E-state index in [2.05, 4.69) is 5.32 Å². The SMILES string of the molecule is CCOC(=O)c1ccsc1NC(=O)CCCS(=O)(=O)c1ccccc1. The van der Waals surface area contributed by atoms with E-state index < -0.39 is 15.8 Å². The van der Waals surface area contributed by atoms with E-state index in [0.717, 1.165) is 0 Å². The minimum atomic E-state index is -3.40. The Hall–Kier alpha value is -2.19. The number of carbonyl (C=O) groups excluding carboxylic acids is 2. The summed E-state index contributed by atoms with van der Waals surface area (Å²) >= 11 is 1.22. The van der Waals surface area contributed by atoms with Gasteiger partial charge in [-0.05, 0) is 36.9 Å². The molecule has 2 aromatic rings. The molecule has 0 aliphatic rings. The lowest BCUT2D eigenvalue weighted by atomic mass is 10.3. The average molecular weight is 381 g/mol. The van der Waals surface area contributed by atoms with Gasteiger partial charge in [0.25, 0.3) is 0 Å². The first-order chi connectivity index (χ1) is 11.9. The largest absolute Gasteiger partial charge is 0.462 e. The summed E-state index contributed by atoms with van der Waals surface area (Å²) in [6, 6.07) is 9.71. The van der Waals surface area contributed by atoms with Gasteiger partial charge in [-0.3, -0.25) is 4.79 Å². The molecule has 8 heteroatoms. The van der Waals surface area contributed by atoms with E-state index in [9.17, 15) is 18.0 Å². The van der Waals surface area contributed by atoms with Crippen molar-refractivity contribution in [1.29, 1.82) is 0 Å². The zero-order chi connectivity index (χ0) is 18.3. The normalized spacial score (nSPS) is 11.1. The molecule has 0 aliphatic carbocycles. The van der Waals surface area contributed by atoms with Crippen LogP contribution < -0.4 is 5.32 Å². The van der Waals surface area contributed by atoms with Crippen molar-refractivity contribution in [2.75, 3.05) is 17.7 Å². The van der Waals surface area contributed by atoms with E-state index >= 15 is 0 Å². The van der Waals surface area contributed by atoms with Gasteiger partial charge in [0, 0.05) is 6.42 Å². The summed E-state index contributed by atoms with van der Waals surface area (Å²) in [5.74, 6) is -0.943. The summed E-state index contributed by atoms with van der Waals surface area (Å²) in [5.41, 5.74) is 0.303. The highest BCUT2D eigenvalue weighted by molar-refractivity contribution is 7.91. The molecular formula is C17H19NO5S2. The Morgan fingerprint density at radius 3 is 2.56 bits per heavy atom. The quantitative estimate of drug-likeness (QED) is 0.710. The van der Waals surface area contributed by atoms with Crippen molar-refractivity contribution in [3.63, 3.8) is 0 Å². The van der Waals surface area contributed by atoms with Gasteiger partial charge in [-0.25, -0.2) is 13.2 Å². The number of nitrogens with one attached hydrogen (secondary N) is 1. The van der Waals surface area contributed by atoms with Crippen molar-refractivity contribution >= 4 is 38.1 Å². The van der Waals surface area contributed by atoms with Crippen LogP contribution in [0, 0.1) is 0 Å². The van der Waals surface area contributed by atoms with Gasteiger partial charge in [0.15, 0.2) is 9.84 Å². The number of esters is 1. The van der Waals surface area contributed by atoms with Crippen molar-refractivity contribution in [2.45, 2.75) is 24.7 Å². The maximum absolute atomic E-state index is 12.2. The Balaban J connectivity index is 1.88. The second-order valence-corrected chi connectivity index (χ2v) is 8.19. The predicted molar refractivity (Wildman–Crippen MR) is 96.6 cm³/mol. The van der Waals surface area contributed by atoms with E-state index in [1.807, 2.05) is 0 Å². The van der Waals surface area contributed by atoms with Crippen LogP contribution in [0.3, 0.4) is 0 Å². The van der Waals surface area contributed by atoms with E-state index in [0.29, 0.717) is 10.6 Å². The standard InChI is InChI=1S/C17H19NO5S2/c1-2-23-17(20)14-10-11-24-16(14)18-15(19)9-6-12-25(21,22)13-7-4-3-5-8-13/h3-5,7-8,10-11H,2,6,9,12H2,1H3,(H,18,19).